The summed E-state index contributed by atoms with van der Waals surface area (Å²) in [4.78, 5) is 15.1. The van der Waals surface area contributed by atoms with Crippen molar-refractivity contribution in [2.24, 2.45) is 0 Å². The Labute approximate surface area is 184 Å². The number of anilines is 1. The van der Waals surface area contributed by atoms with Crippen LogP contribution in [0.2, 0.25) is 0 Å². The fraction of sp³-hybridized carbons (Fsp3) is 0.286. The summed E-state index contributed by atoms with van der Waals surface area (Å²) >= 11 is 11.2. The van der Waals surface area contributed by atoms with Gasteiger partial charge in [0.2, 0.25) is 0 Å². The van der Waals surface area contributed by atoms with Gasteiger partial charge in [-0.05, 0) is 43.7 Å². The van der Waals surface area contributed by atoms with E-state index in [1.165, 1.54) is 0 Å². The van der Waals surface area contributed by atoms with E-state index in [1.807, 2.05) is 50.2 Å². The number of nitrogens with zero attached hydrogens (tertiary/aromatic N) is 3. The van der Waals surface area contributed by atoms with Crippen molar-refractivity contribution >= 4 is 34.8 Å². The van der Waals surface area contributed by atoms with Gasteiger partial charge in [0.25, 0.3) is 5.91 Å². The minimum absolute atomic E-state index is 0.262. The van der Waals surface area contributed by atoms with E-state index in [1.54, 1.807) is 16.8 Å². The van der Waals surface area contributed by atoms with Crippen LogP contribution in [0, 0.1) is 6.92 Å². The molecule has 1 aromatic heterocycles. The summed E-state index contributed by atoms with van der Waals surface area (Å²) in [6, 6.07) is 15.3. The van der Waals surface area contributed by atoms with E-state index in [0.717, 1.165) is 16.8 Å². The van der Waals surface area contributed by atoms with Gasteiger partial charge in [-0.2, -0.15) is 4.98 Å². The summed E-state index contributed by atoms with van der Waals surface area (Å²) < 4.78 is 12.7. The molecule has 158 valence electrons. The number of alkyl halides is 2. The average Bonchev–Trinajstić information content (AvgIpc) is 3.16. The van der Waals surface area contributed by atoms with Crippen LogP contribution >= 0.6 is 23.2 Å². The maximum atomic E-state index is 11.7. The SMILES string of the molecule is CCOCCOc1nc(-c2ccccc2C)n(-c2ccc(NC(=O)C(Cl)Cl)cc2)n1. The number of carbonyl (C=O) groups excluding carboxylic acids is 1. The Kier molecular flexibility index (Phi) is 7.68. The third-order valence-corrected chi connectivity index (χ3v) is 4.61. The standard InChI is InChI=1S/C21H22Cl2N4O3/c1-3-29-12-13-30-21-25-19(17-7-5-4-6-14(17)2)27(26-21)16-10-8-15(9-11-16)24-20(28)18(22)23/h4-11,18H,3,12-13H2,1-2H3,(H,24,28). The molecule has 0 aliphatic carbocycles. The largest absolute Gasteiger partial charge is 0.460 e. The van der Waals surface area contributed by atoms with Crippen LogP contribution in [0.3, 0.4) is 0 Å². The minimum atomic E-state index is -1.14. The number of nitrogens with one attached hydrogen (secondary N) is 1. The first kappa shape index (κ1) is 22.1. The molecule has 0 bridgehead atoms. The molecule has 0 saturated heterocycles. The first-order chi connectivity index (χ1) is 14.5. The van der Waals surface area contributed by atoms with E-state index >= 15 is 0 Å². The summed E-state index contributed by atoms with van der Waals surface area (Å²) in [5.41, 5.74) is 3.33. The molecule has 1 N–H and O–H groups in total. The summed E-state index contributed by atoms with van der Waals surface area (Å²) in [7, 11) is 0. The third-order valence-electron chi connectivity index (χ3n) is 4.21. The van der Waals surface area contributed by atoms with Gasteiger partial charge in [-0.25, -0.2) is 4.68 Å². The number of halogens is 2. The second-order valence-corrected chi connectivity index (χ2v) is 7.42. The summed E-state index contributed by atoms with van der Waals surface area (Å²) in [6.45, 7) is 5.37. The maximum absolute atomic E-state index is 11.7. The zero-order chi connectivity index (χ0) is 21.5. The zero-order valence-corrected chi connectivity index (χ0v) is 18.2. The van der Waals surface area contributed by atoms with E-state index in [9.17, 15) is 4.79 Å². The lowest BCUT2D eigenvalue weighted by Crippen LogP contribution is -2.18. The number of amides is 1. The highest BCUT2D eigenvalue weighted by atomic mass is 35.5. The molecule has 0 aliphatic heterocycles. The quantitative estimate of drug-likeness (QED) is 0.387. The Hall–Kier alpha value is -2.61. The van der Waals surface area contributed by atoms with E-state index < -0.39 is 10.7 Å². The molecular weight excluding hydrogens is 427 g/mol. The van der Waals surface area contributed by atoms with Crippen LogP contribution in [-0.4, -0.2) is 45.3 Å². The predicted octanol–water partition coefficient (Wildman–Crippen LogP) is 4.40. The normalized spacial score (nSPS) is 11.0. The van der Waals surface area contributed by atoms with Crippen molar-refractivity contribution in [1.82, 2.24) is 14.8 Å². The minimum Gasteiger partial charge on any atom is -0.460 e. The Morgan fingerprint density at radius 2 is 1.87 bits per heavy atom. The van der Waals surface area contributed by atoms with Crippen LogP contribution in [0.1, 0.15) is 12.5 Å². The Morgan fingerprint density at radius 3 is 2.53 bits per heavy atom. The van der Waals surface area contributed by atoms with Gasteiger partial charge in [0, 0.05) is 17.9 Å². The first-order valence-electron chi connectivity index (χ1n) is 9.42. The Balaban J connectivity index is 1.91. The second-order valence-electron chi connectivity index (χ2n) is 6.33. The number of aryl methyl sites for hydroxylation is 1. The van der Waals surface area contributed by atoms with Gasteiger partial charge in [0.15, 0.2) is 10.7 Å². The zero-order valence-electron chi connectivity index (χ0n) is 16.6. The number of aromatic nitrogens is 3. The molecule has 2 aromatic carbocycles. The number of ether oxygens (including phenoxy) is 2. The summed E-state index contributed by atoms with van der Waals surface area (Å²) in [5, 5.41) is 7.15. The van der Waals surface area contributed by atoms with Crippen molar-refractivity contribution in [3.05, 3.63) is 54.1 Å². The fourth-order valence-corrected chi connectivity index (χ4v) is 2.86. The molecule has 0 unspecified atom stereocenters. The topological polar surface area (TPSA) is 78.3 Å². The molecule has 0 radical (unpaired) electrons. The van der Waals surface area contributed by atoms with Crippen LogP contribution in [0.25, 0.3) is 17.1 Å². The number of hydrogen-bond donors (Lipinski definition) is 1. The fourth-order valence-electron chi connectivity index (χ4n) is 2.75. The predicted molar refractivity (Wildman–Crippen MR) is 118 cm³/mol. The number of rotatable bonds is 9. The lowest BCUT2D eigenvalue weighted by Gasteiger charge is -2.09. The summed E-state index contributed by atoms with van der Waals surface area (Å²) in [5.74, 6) is 0.162. The molecule has 3 aromatic rings. The molecule has 0 saturated carbocycles. The number of benzene rings is 2. The lowest BCUT2D eigenvalue weighted by atomic mass is 10.1. The molecule has 1 amide bonds. The average molecular weight is 449 g/mol. The molecule has 9 heteroatoms. The molecule has 0 spiro atoms. The highest BCUT2D eigenvalue weighted by molar-refractivity contribution is 6.54. The van der Waals surface area contributed by atoms with Crippen LogP contribution in [0.4, 0.5) is 5.69 Å². The van der Waals surface area contributed by atoms with E-state index in [4.69, 9.17) is 32.7 Å². The smallest absolute Gasteiger partial charge is 0.336 e. The van der Waals surface area contributed by atoms with Gasteiger partial charge in [-0.3, -0.25) is 4.79 Å². The lowest BCUT2D eigenvalue weighted by molar-refractivity contribution is -0.114. The molecule has 1 heterocycles. The molecule has 0 aliphatic rings. The Morgan fingerprint density at radius 1 is 1.13 bits per heavy atom. The van der Waals surface area contributed by atoms with Gasteiger partial charge in [0.1, 0.15) is 6.61 Å². The van der Waals surface area contributed by atoms with Crippen LogP contribution in [0.15, 0.2) is 48.5 Å². The van der Waals surface area contributed by atoms with Crippen molar-refractivity contribution in [1.29, 1.82) is 0 Å². The maximum Gasteiger partial charge on any atom is 0.336 e. The van der Waals surface area contributed by atoms with Gasteiger partial charge in [-0.15, -0.1) is 5.10 Å². The molecule has 30 heavy (non-hydrogen) atoms. The van der Waals surface area contributed by atoms with Crippen LogP contribution < -0.4 is 10.1 Å². The molecule has 7 nitrogen and oxygen atoms in total. The van der Waals surface area contributed by atoms with Crippen molar-refractivity contribution in [3.63, 3.8) is 0 Å². The second kappa shape index (κ2) is 10.4. The molecule has 3 rings (SSSR count). The van der Waals surface area contributed by atoms with Gasteiger partial charge < -0.3 is 14.8 Å². The molecule has 0 atom stereocenters. The monoisotopic (exact) mass is 448 g/mol. The van der Waals surface area contributed by atoms with Gasteiger partial charge in [-0.1, -0.05) is 47.5 Å². The third kappa shape index (κ3) is 5.50. The van der Waals surface area contributed by atoms with Gasteiger partial charge >= 0.3 is 6.01 Å². The van der Waals surface area contributed by atoms with E-state index in [2.05, 4.69) is 15.4 Å². The first-order valence-corrected chi connectivity index (χ1v) is 10.3. The van der Waals surface area contributed by atoms with Gasteiger partial charge in [0.05, 0.1) is 12.3 Å². The highest BCUT2D eigenvalue weighted by Crippen LogP contribution is 2.27. The molecule has 0 fully saturated rings. The highest BCUT2D eigenvalue weighted by Gasteiger charge is 2.17. The van der Waals surface area contributed by atoms with E-state index in [0.29, 0.717) is 31.3 Å². The van der Waals surface area contributed by atoms with Crippen molar-refractivity contribution in [2.75, 3.05) is 25.1 Å². The van der Waals surface area contributed by atoms with Crippen LogP contribution in [0.5, 0.6) is 6.01 Å². The Bertz CT molecular complexity index is 990. The summed E-state index contributed by atoms with van der Waals surface area (Å²) in [6.07, 6.45) is 0. The van der Waals surface area contributed by atoms with Crippen LogP contribution in [-0.2, 0) is 9.53 Å². The van der Waals surface area contributed by atoms with Crippen molar-refractivity contribution in [3.8, 4) is 23.1 Å². The molecular formula is C21H22Cl2N4O3. The number of carbonyl (C=O) groups is 1. The van der Waals surface area contributed by atoms with Crippen molar-refractivity contribution in [2.45, 2.75) is 18.7 Å². The van der Waals surface area contributed by atoms with E-state index in [-0.39, 0.29) is 6.01 Å². The van der Waals surface area contributed by atoms with Crippen molar-refractivity contribution < 1.29 is 14.3 Å². The number of hydrogen-bond acceptors (Lipinski definition) is 5.